The van der Waals surface area contributed by atoms with Crippen molar-refractivity contribution in [2.45, 2.75) is 107 Å². The molecule has 9 unspecified atom stereocenters. The van der Waals surface area contributed by atoms with E-state index in [0.717, 1.165) is 29.8 Å². The Labute approximate surface area is 395 Å². The zero-order valence-corrected chi connectivity index (χ0v) is 40.5. The molecule has 19 heteroatoms. The number of pyridine rings is 1. The number of nitrogen functional groups attached to an aromatic ring is 1. The number of aromatic amines is 1. The van der Waals surface area contributed by atoms with Gasteiger partial charge in [0.15, 0.2) is 18.4 Å². The number of carbonyl (C=O) groups excluding carboxylic acids is 3. The summed E-state index contributed by atoms with van der Waals surface area (Å²) >= 11 is 6.56. The maximum absolute atomic E-state index is 15.3. The van der Waals surface area contributed by atoms with E-state index < -0.39 is 75.0 Å². The van der Waals surface area contributed by atoms with Gasteiger partial charge in [-0.1, -0.05) is 48.9 Å². The van der Waals surface area contributed by atoms with Crippen molar-refractivity contribution >= 4 is 77.6 Å². The molecule has 1 amide bonds. The molecule has 2 aliphatic heterocycles. The molecule has 1 aromatic carbocycles. The van der Waals surface area contributed by atoms with Crippen LogP contribution in [-0.4, -0.2) is 143 Å². The van der Waals surface area contributed by atoms with E-state index >= 15 is 4.79 Å². The molecule has 0 spiro atoms. The van der Waals surface area contributed by atoms with Crippen LogP contribution in [0.5, 0.6) is 0 Å². The number of alkyl carbamates (subject to hydrolysis) is 1. The van der Waals surface area contributed by atoms with E-state index in [-0.39, 0.29) is 60.2 Å². The summed E-state index contributed by atoms with van der Waals surface area (Å²) in [7, 11) is 2.17. The van der Waals surface area contributed by atoms with Gasteiger partial charge in [0.25, 0.3) is 0 Å². The smallest absolute Gasteiger partial charge is 0.411 e. The Morgan fingerprint density at radius 3 is 2.64 bits per heavy atom. The molecule has 2 saturated heterocycles. The second kappa shape index (κ2) is 22.5. The average Bonchev–Trinajstić information content (AvgIpc) is 3.65. The molecule has 16 nitrogen and oxygen atoms in total. The normalized spacial score (nSPS) is 28.5. The third-order valence-electron chi connectivity index (χ3n) is 11.6. The van der Waals surface area contributed by atoms with Crippen molar-refractivity contribution in [2.75, 3.05) is 44.8 Å². The van der Waals surface area contributed by atoms with Crippen LogP contribution in [0, 0.1) is 23.7 Å². The van der Waals surface area contributed by atoms with Crippen molar-refractivity contribution in [3.8, 4) is 23.7 Å². The largest absolute Gasteiger partial charge is 0.453 e. The number of nitrogens with one attached hydrogen (secondary N) is 3. The highest BCUT2D eigenvalue weighted by molar-refractivity contribution is 8.28. The SMILES string of the molecule is CC#C/C=C\C#C[C@H](OC1OC(C)C(SC)(C(=O)c2nccc3c2[nH]c2ccc(N)cc23)C(O)C1OC1CC(OC)C(NC(C)C)CO1)C1=C(NC(=O)OC)C(=O)C[C@H](O)/C1=C/CS(C)=S. The molecule has 6 rings (SSSR count). The summed E-state index contributed by atoms with van der Waals surface area (Å²) in [6.45, 7) is 7.51. The Kier molecular flexibility index (Phi) is 17.4. The fraction of sp³-hybridized carbons (Fsp3) is 0.489. The monoisotopic (exact) mass is 963 g/mol. The van der Waals surface area contributed by atoms with E-state index in [0.29, 0.717) is 22.3 Å². The molecular weight excluding hydrogens is 907 g/mol. The van der Waals surface area contributed by atoms with Gasteiger partial charge in [0.1, 0.15) is 28.8 Å². The maximum atomic E-state index is 15.3. The number of fused-ring (bicyclic) bond motifs is 3. The van der Waals surface area contributed by atoms with E-state index in [1.54, 1.807) is 45.4 Å². The number of Topliss-reactive ketones (excluding diaryl/α,β-unsaturated/α-hetero) is 2. The van der Waals surface area contributed by atoms with Crippen molar-refractivity contribution in [3.05, 3.63) is 71.2 Å². The highest BCUT2D eigenvalue weighted by Gasteiger charge is 2.61. The lowest BCUT2D eigenvalue weighted by Gasteiger charge is -2.51. The first kappa shape index (κ1) is 50.9. The van der Waals surface area contributed by atoms with Crippen LogP contribution >= 0.6 is 11.8 Å². The molecule has 2 aromatic heterocycles. The third kappa shape index (κ3) is 10.9. The summed E-state index contributed by atoms with van der Waals surface area (Å²) in [4.78, 5) is 49.8. The summed E-state index contributed by atoms with van der Waals surface area (Å²) in [6, 6.07) is 7.10. The highest BCUT2D eigenvalue weighted by atomic mass is 32.8. The second-order valence-electron chi connectivity index (χ2n) is 16.2. The Balaban J connectivity index is 1.50. The lowest BCUT2D eigenvalue weighted by molar-refractivity contribution is -0.323. The molecule has 3 aliphatic rings. The number of hydrogen-bond donors (Lipinski definition) is 6. The van der Waals surface area contributed by atoms with Gasteiger partial charge in [0.05, 0.1) is 49.3 Å². The average molecular weight is 964 g/mol. The number of aliphatic hydroxyl groups excluding tert-OH is 2. The number of nitrogens with zero attached hydrogens (tertiary/aromatic N) is 1. The quantitative estimate of drug-likeness (QED) is 0.0769. The number of aliphatic hydroxyl groups is 2. The lowest BCUT2D eigenvalue weighted by Crippen LogP contribution is -2.68. The first-order valence-corrected chi connectivity index (χ1v) is 25.2. The van der Waals surface area contributed by atoms with Crippen molar-refractivity contribution in [1.29, 1.82) is 0 Å². The fourth-order valence-electron chi connectivity index (χ4n) is 8.50. The van der Waals surface area contributed by atoms with Crippen molar-refractivity contribution in [1.82, 2.24) is 20.6 Å². The second-order valence-corrected chi connectivity index (χ2v) is 20.5. The molecule has 0 saturated carbocycles. The molecule has 354 valence electrons. The van der Waals surface area contributed by atoms with Gasteiger partial charge in [-0.25, -0.2) is 4.79 Å². The van der Waals surface area contributed by atoms with Crippen LogP contribution in [0.4, 0.5) is 10.5 Å². The number of ether oxygens (including phenoxy) is 6. The summed E-state index contributed by atoms with van der Waals surface area (Å²) in [5, 5.41) is 31.9. The molecule has 4 heterocycles. The Morgan fingerprint density at radius 2 is 1.95 bits per heavy atom. The van der Waals surface area contributed by atoms with Gasteiger partial charge < -0.3 is 54.7 Å². The van der Waals surface area contributed by atoms with Crippen LogP contribution in [0.1, 0.15) is 51.0 Å². The number of ketones is 2. The number of carbonyl (C=O) groups is 3. The molecule has 3 aromatic rings. The van der Waals surface area contributed by atoms with Crippen LogP contribution in [0.2, 0.25) is 0 Å². The predicted molar refractivity (Wildman–Crippen MR) is 258 cm³/mol. The number of thioether (sulfide) groups is 1. The molecule has 0 bridgehead atoms. The number of aromatic nitrogens is 2. The first-order valence-electron chi connectivity index (χ1n) is 21.3. The van der Waals surface area contributed by atoms with Crippen LogP contribution in [0.25, 0.3) is 21.8 Å². The van der Waals surface area contributed by atoms with Gasteiger partial charge in [-0.3, -0.25) is 19.9 Å². The third-order valence-corrected chi connectivity index (χ3v) is 14.1. The fourth-order valence-corrected chi connectivity index (χ4v) is 10.2. The molecule has 11 atom stereocenters. The zero-order chi connectivity index (χ0) is 47.9. The summed E-state index contributed by atoms with van der Waals surface area (Å²) in [5.74, 6) is 10.6. The number of hydrogen-bond acceptors (Lipinski definition) is 16. The minimum Gasteiger partial charge on any atom is -0.453 e. The van der Waals surface area contributed by atoms with E-state index in [1.165, 1.54) is 18.3 Å². The van der Waals surface area contributed by atoms with Crippen LogP contribution in [-0.2, 0) is 53.9 Å². The Bertz CT molecular complexity index is 2560. The maximum Gasteiger partial charge on any atom is 0.411 e. The molecule has 1 aliphatic carbocycles. The zero-order valence-electron chi connectivity index (χ0n) is 38.0. The van der Waals surface area contributed by atoms with Crippen LogP contribution in [0.3, 0.4) is 0 Å². The summed E-state index contributed by atoms with van der Waals surface area (Å²) in [5.41, 5.74) is 7.94. The lowest BCUT2D eigenvalue weighted by atomic mass is 9.82. The number of nitrogens with two attached hydrogens (primary N) is 1. The topological polar surface area (TPSA) is 226 Å². The number of amides is 1. The molecule has 0 radical (unpaired) electrons. The van der Waals surface area contributed by atoms with Gasteiger partial charge in [-0.05, 0) is 68.3 Å². The highest BCUT2D eigenvalue weighted by Crippen LogP contribution is 2.46. The van der Waals surface area contributed by atoms with E-state index in [4.69, 9.17) is 45.3 Å². The predicted octanol–water partition coefficient (Wildman–Crippen LogP) is 3.75. The molecular formula is C47H57N5O11S3. The minimum atomic E-state index is -1.78. The summed E-state index contributed by atoms with van der Waals surface area (Å²) < 4.78 is 35.5. The van der Waals surface area contributed by atoms with E-state index in [2.05, 4.69) is 44.3 Å². The van der Waals surface area contributed by atoms with Gasteiger partial charge in [0.2, 0.25) is 5.78 Å². The van der Waals surface area contributed by atoms with Crippen molar-refractivity contribution in [2.24, 2.45) is 0 Å². The number of rotatable bonds is 14. The van der Waals surface area contributed by atoms with Gasteiger partial charge in [-0.2, -0.15) is 0 Å². The Morgan fingerprint density at radius 1 is 1.20 bits per heavy atom. The molecule has 66 heavy (non-hydrogen) atoms. The van der Waals surface area contributed by atoms with Gasteiger partial charge >= 0.3 is 6.09 Å². The van der Waals surface area contributed by atoms with Crippen molar-refractivity contribution in [3.63, 3.8) is 0 Å². The van der Waals surface area contributed by atoms with Crippen molar-refractivity contribution < 1.29 is 53.0 Å². The van der Waals surface area contributed by atoms with E-state index in [9.17, 15) is 19.8 Å². The molecule has 7 N–H and O–H groups in total. The molecule has 2 fully saturated rings. The number of H-pyrrole nitrogens is 1. The van der Waals surface area contributed by atoms with Gasteiger partial charge in [0, 0.05) is 65.5 Å². The Hall–Kier alpha value is -4.48. The minimum absolute atomic E-state index is 0.0145. The van der Waals surface area contributed by atoms with Crippen LogP contribution < -0.4 is 16.4 Å². The number of allylic oxidation sites excluding steroid dienone is 3. The standard InChI is InChI=1S/C47H57N5O11S3/c1-9-10-11-12-13-14-35(38-29(18-20-66(8)64)33(53)22-34(54)40(38)52-46(57)59-6)62-45-42(63-37-23-36(58-5)32(24-60-37)50-25(2)3)44(56)47(65-7,26(4)61-45)43(55)41-39-28(17-19-49-41)30-21-27(48)15-16-31(30)51-39/h11-12,15-19,21,25-26,32-33,35-37,42,44-45,50-51,53,56H,20,22-24,48H2,1-8H3,(H,52,57)/b12-11-,29-18-/t26?,32?,33-,35-,36?,37?,42?,44?,45?,47?,66?/m0/s1. The van der Waals surface area contributed by atoms with Gasteiger partial charge in [-0.15, -0.1) is 27.1 Å². The number of benzene rings is 1. The van der Waals surface area contributed by atoms with Crippen LogP contribution in [0.15, 0.2) is 65.5 Å². The summed E-state index contributed by atoms with van der Waals surface area (Å²) in [6.07, 6.45) is -1.39. The number of methoxy groups -OCH3 is 2. The number of anilines is 1. The first-order chi connectivity index (χ1) is 31.6. The van der Waals surface area contributed by atoms with E-state index in [1.807, 2.05) is 32.2 Å².